The van der Waals surface area contributed by atoms with Gasteiger partial charge < -0.3 is 25.2 Å². The standard InChI is InChI=1S/C27H40N4O4/c1-16(2)22(25(33)31(9)18(4)14-17(3)26(34)35)29-24(32)23(28-7)27(5,6)20-15-30(8)21-13-11-10-12-19(20)21/h10-16,18,22-23,28H,1-9H3,(H,29,32)(H,34,35)/t18-,22+,23-/m1/s1. The van der Waals surface area contributed by atoms with Crippen molar-refractivity contribution in [1.29, 1.82) is 0 Å². The molecule has 1 aromatic carbocycles. The highest BCUT2D eigenvalue weighted by atomic mass is 16.4. The Morgan fingerprint density at radius 3 is 2.29 bits per heavy atom. The molecule has 0 unspecified atom stereocenters. The number of likely N-dealkylation sites (N-methyl/N-ethyl adjacent to an activating group) is 2. The summed E-state index contributed by atoms with van der Waals surface area (Å²) in [6.07, 6.45) is 3.58. The number of hydrogen-bond acceptors (Lipinski definition) is 4. The number of aliphatic carboxylic acids is 1. The van der Waals surface area contributed by atoms with E-state index in [9.17, 15) is 14.4 Å². The minimum atomic E-state index is -1.03. The third kappa shape index (κ3) is 5.93. The van der Waals surface area contributed by atoms with Crippen molar-refractivity contribution < 1.29 is 19.5 Å². The van der Waals surface area contributed by atoms with Gasteiger partial charge in [0.05, 0.1) is 6.04 Å². The summed E-state index contributed by atoms with van der Waals surface area (Å²) in [7, 11) is 5.36. The van der Waals surface area contributed by atoms with Crippen LogP contribution in [0.4, 0.5) is 0 Å². The fourth-order valence-electron chi connectivity index (χ4n) is 4.55. The van der Waals surface area contributed by atoms with E-state index in [0.29, 0.717) is 0 Å². The van der Waals surface area contributed by atoms with Gasteiger partial charge in [-0.05, 0) is 38.4 Å². The van der Waals surface area contributed by atoms with E-state index in [1.165, 1.54) is 17.9 Å². The van der Waals surface area contributed by atoms with Crippen LogP contribution in [0.25, 0.3) is 10.9 Å². The zero-order valence-corrected chi connectivity index (χ0v) is 22.3. The summed E-state index contributed by atoms with van der Waals surface area (Å²) in [5.74, 6) is -1.73. The van der Waals surface area contributed by atoms with Crippen LogP contribution in [-0.2, 0) is 26.8 Å². The van der Waals surface area contributed by atoms with Crippen molar-refractivity contribution in [3.8, 4) is 0 Å². The molecule has 0 bridgehead atoms. The number of carbonyl (C=O) groups is 3. The maximum Gasteiger partial charge on any atom is 0.331 e. The van der Waals surface area contributed by atoms with Gasteiger partial charge in [-0.25, -0.2) is 4.79 Å². The number of carboxylic acids is 1. The minimum absolute atomic E-state index is 0.161. The van der Waals surface area contributed by atoms with Crippen LogP contribution in [-0.4, -0.2) is 64.6 Å². The number of carbonyl (C=O) groups excluding carboxylic acids is 2. The van der Waals surface area contributed by atoms with E-state index in [1.807, 2.05) is 52.9 Å². The Hall–Kier alpha value is -3.13. The summed E-state index contributed by atoms with van der Waals surface area (Å²) >= 11 is 0. The molecule has 1 heterocycles. The molecule has 0 aliphatic heterocycles. The summed E-state index contributed by atoms with van der Waals surface area (Å²) in [6.45, 7) is 11.0. The molecule has 0 saturated heterocycles. The number of hydrogen-bond donors (Lipinski definition) is 3. The summed E-state index contributed by atoms with van der Waals surface area (Å²) in [5.41, 5.74) is 1.71. The molecule has 192 valence electrons. The molecule has 0 aliphatic carbocycles. The molecule has 0 spiro atoms. The second kappa shape index (κ2) is 11.1. The molecule has 0 radical (unpaired) electrons. The van der Waals surface area contributed by atoms with Crippen molar-refractivity contribution in [2.24, 2.45) is 13.0 Å². The van der Waals surface area contributed by atoms with Gasteiger partial charge in [0.25, 0.3) is 0 Å². The monoisotopic (exact) mass is 484 g/mol. The maximum atomic E-state index is 13.6. The van der Waals surface area contributed by atoms with Crippen LogP contribution >= 0.6 is 0 Å². The van der Waals surface area contributed by atoms with Gasteiger partial charge in [0, 0.05) is 48.2 Å². The third-order valence-electron chi connectivity index (χ3n) is 6.88. The summed E-state index contributed by atoms with van der Waals surface area (Å²) < 4.78 is 2.06. The molecule has 35 heavy (non-hydrogen) atoms. The van der Waals surface area contributed by atoms with E-state index >= 15 is 0 Å². The Morgan fingerprint density at radius 2 is 1.74 bits per heavy atom. The van der Waals surface area contributed by atoms with Gasteiger partial charge in [-0.3, -0.25) is 9.59 Å². The maximum absolute atomic E-state index is 13.6. The van der Waals surface area contributed by atoms with Crippen molar-refractivity contribution in [3.05, 3.63) is 47.7 Å². The number of amides is 2. The van der Waals surface area contributed by atoms with Crippen LogP contribution in [0.1, 0.15) is 47.1 Å². The lowest BCUT2D eigenvalue weighted by Crippen LogP contribution is -2.59. The van der Waals surface area contributed by atoms with Gasteiger partial charge in [-0.15, -0.1) is 0 Å². The molecular formula is C27H40N4O4. The van der Waals surface area contributed by atoms with Gasteiger partial charge in [-0.1, -0.05) is 52.0 Å². The van der Waals surface area contributed by atoms with E-state index in [4.69, 9.17) is 5.11 Å². The molecule has 2 amide bonds. The fraction of sp³-hybridized carbons (Fsp3) is 0.519. The van der Waals surface area contributed by atoms with Crippen molar-refractivity contribution in [3.63, 3.8) is 0 Å². The third-order valence-corrected chi connectivity index (χ3v) is 6.88. The Kier molecular flexibility index (Phi) is 8.89. The van der Waals surface area contributed by atoms with Crippen LogP contribution in [0.5, 0.6) is 0 Å². The van der Waals surface area contributed by atoms with Gasteiger partial charge in [0.2, 0.25) is 11.8 Å². The minimum Gasteiger partial charge on any atom is -0.478 e. The van der Waals surface area contributed by atoms with E-state index in [-0.39, 0.29) is 23.3 Å². The molecule has 2 aromatic rings. The summed E-state index contributed by atoms with van der Waals surface area (Å²) in [6, 6.07) is 6.29. The van der Waals surface area contributed by atoms with Gasteiger partial charge >= 0.3 is 5.97 Å². The Balaban J connectivity index is 2.32. The molecule has 1 aromatic heterocycles. The van der Waals surface area contributed by atoms with E-state index in [0.717, 1.165) is 16.5 Å². The van der Waals surface area contributed by atoms with Crippen LogP contribution in [0.2, 0.25) is 0 Å². The topological polar surface area (TPSA) is 104 Å². The number of rotatable bonds is 10. The molecule has 2 rings (SSSR count). The number of fused-ring (bicyclic) bond motifs is 1. The smallest absolute Gasteiger partial charge is 0.331 e. The number of aryl methyl sites for hydroxylation is 1. The lowest BCUT2D eigenvalue weighted by Gasteiger charge is -2.36. The fourth-order valence-corrected chi connectivity index (χ4v) is 4.55. The Bertz CT molecular complexity index is 1120. The second-order valence-electron chi connectivity index (χ2n) is 10.2. The molecule has 3 N–H and O–H groups in total. The molecule has 0 fully saturated rings. The van der Waals surface area contributed by atoms with E-state index < -0.39 is 29.5 Å². The largest absolute Gasteiger partial charge is 0.478 e. The Labute approximate surface area is 208 Å². The van der Waals surface area contributed by atoms with Crippen LogP contribution in [0, 0.1) is 5.92 Å². The van der Waals surface area contributed by atoms with Crippen molar-refractivity contribution >= 4 is 28.7 Å². The quantitative estimate of drug-likeness (QED) is 0.450. The van der Waals surface area contributed by atoms with E-state index in [2.05, 4.69) is 27.5 Å². The number of benzene rings is 1. The van der Waals surface area contributed by atoms with E-state index in [1.54, 1.807) is 21.0 Å². The molecule has 8 heteroatoms. The molecule has 3 atom stereocenters. The Morgan fingerprint density at radius 1 is 1.14 bits per heavy atom. The lowest BCUT2D eigenvalue weighted by molar-refractivity contribution is -0.138. The number of aromatic nitrogens is 1. The lowest BCUT2D eigenvalue weighted by atomic mass is 9.77. The van der Waals surface area contributed by atoms with Crippen molar-refractivity contribution in [1.82, 2.24) is 20.1 Å². The average molecular weight is 485 g/mol. The van der Waals surface area contributed by atoms with Crippen LogP contribution in [0.15, 0.2) is 42.1 Å². The molecular weight excluding hydrogens is 444 g/mol. The summed E-state index contributed by atoms with van der Waals surface area (Å²) in [4.78, 5) is 39.6. The zero-order valence-electron chi connectivity index (χ0n) is 22.3. The normalized spacial score (nSPS) is 15.1. The first-order chi connectivity index (χ1) is 16.2. The number of carboxylic acid groups (broad SMARTS) is 1. The highest BCUT2D eigenvalue weighted by Crippen LogP contribution is 2.34. The zero-order chi connectivity index (χ0) is 26.7. The number of para-hydroxylation sites is 1. The highest BCUT2D eigenvalue weighted by Gasteiger charge is 2.40. The first-order valence-electron chi connectivity index (χ1n) is 11.9. The van der Waals surface area contributed by atoms with Crippen LogP contribution < -0.4 is 10.6 Å². The first kappa shape index (κ1) is 28.1. The van der Waals surface area contributed by atoms with Crippen molar-refractivity contribution in [2.75, 3.05) is 14.1 Å². The van der Waals surface area contributed by atoms with Gasteiger partial charge in [0.15, 0.2) is 0 Å². The molecule has 8 nitrogen and oxygen atoms in total. The van der Waals surface area contributed by atoms with Gasteiger partial charge in [0.1, 0.15) is 6.04 Å². The average Bonchev–Trinajstić information content (AvgIpc) is 3.14. The second-order valence-corrected chi connectivity index (χ2v) is 10.2. The highest BCUT2D eigenvalue weighted by molar-refractivity contribution is 5.92. The van der Waals surface area contributed by atoms with Gasteiger partial charge in [-0.2, -0.15) is 0 Å². The number of nitrogens with zero attached hydrogens (tertiary/aromatic N) is 2. The number of nitrogens with one attached hydrogen (secondary N) is 2. The summed E-state index contributed by atoms with van der Waals surface area (Å²) in [5, 5.41) is 16.4. The molecule has 0 aliphatic rings. The molecule has 0 saturated carbocycles. The first-order valence-corrected chi connectivity index (χ1v) is 11.9. The predicted molar refractivity (Wildman–Crippen MR) is 139 cm³/mol. The van der Waals surface area contributed by atoms with Crippen molar-refractivity contribution in [2.45, 2.75) is 65.1 Å². The van der Waals surface area contributed by atoms with Crippen LogP contribution in [0.3, 0.4) is 0 Å². The predicted octanol–water partition coefficient (Wildman–Crippen LogP) is 3.06. The SMILES string of the molecule is CN[C@H](C(=O)N[C@H](C(=O)N(C)[C@H](C)C=C(C)C(=O)O)C(C)C)C(C)(C)c1cn(C)c2ccccc12.